The molecule has 7 heteroatoms. The summed E-state index contributed by atoms with van der Waals surface area (Å²) >= 11 is 0. The van der Waals surface area contributed by atoms with Crippen LogP contribution in [0.3, 0.4) is 0 Å². The molecular formula is C13H13FN4O2. The van der Waals surface area contributed by atoms with Crippen LogP contribution in [0, 0.1) is 15.9 Å². The lowest BCUT2D eigenvalue weighted by molar-refractivity contribution is -0.384. The van der Waals surface area contributed by atoms with Gasteiger partial charge in [0.15, 0.2) is 5.82 Å². The van der Waals surface area contributed by atoms with E-state index in [9.17, 15) is 14.5 Å². The predicted molar refractivity (Wildman–Crippen MR) is 70.9 cm³/mol. The minimum absolute atomic E-state index is 0.0824. The number of imidazole rings is 1. The van der Waals surface area contributed by atoms with Crippen molar-refractivity contribution in [3.8, 4) is 0 Å². The van der Waals surface area contributed by atoms with Gasteiger partial charge in [0.25, 0.3) is 5.69 Å². The van der Waals surface area contributed by atoms with Crippen molar-refractivity contribution in [3.05, 3.63) is 52.3 Å². The number of anilines is 1. The second-order valence-electron chi connectivity index (χ2n) is 4.77. The normalized spacial score (nSPS) is 14.2. The average molecular weight is 276 g/mol. The molecule has 0 atom stereocenters. The number of hydrogen-bond donors (Lipinski definition) is 1. The summed E-state index contributed by atoms with van der Waals surface area (Å²) in [6, 6.07) is 4.27. The largest absolute Gasteiger partial charge is 0.371 e. The minimum atomic E-state index is -0.628. The molecule has 1 aliphatic carbocycles. The van der Waals surface area contributed by atoms with Crippen molar-refractivity contribution in [3.63, 3.8) is 0 Å². The summed E-state index contributed by atoms with van der Waals surface area (Å²) < 4.78 is 15.7. The Labute approximate surface area is 114 Å². The zero-order valence-electron chi connectivity index (χ0n) is 10.6. The summed E-state index contributed by atoms with van der Waals surface area (Å²) in [4.78, 5) is 14.4. The molecule has 1 aromatic carbocycles. The summed E-state index contributed by atoms with van der Waals surface area (Å²) in [5.74, 6) is -0.628. The smallest absolute Gasteiger partial charge is 0.295 e. The highest BCUT2D eigenvalue weighted by atomic mass is 19.1. The average Bonchev–Trinajstić information content (AvgIpc) is 3.16. The Hall–Kier alpha value is -2.44. The number of halogens is 1. The molecule has 104 valence electrons. The van der Waals surface area contributed by atoms with Gasteiger partial charge in [0, 0.05) is 18.3 Å². The van der Waals surface area contributed by atoms with Gasteiger partial charge in [-0.15, -0.1) is 0 Å². The van der Waals surface area contributed by atoms with Crippen LogP contribution >= 0.6 is 0 Å². The van der Waals surface area contributed by atoms with E-state index in [0.717, 1.165) is 18.5 Å². The van der Waals surface area contributed by atoms with Crippen molar-refractivity contribution in [2.75, 3.05) is 5.32 Å². The fourth-order valence-corrected chi connectivity index (χ4v) is 2.17. The number of nitro benzene ring substituents is 1. The SMILES string of the molecule is O=[N+]([O-])c1cccc(F)c1NCc1cncn1C1CC1. The van der Waals surface area contributed by atoms with Gasteiger partial charge in [-0.25, -0.2) is 9.37 Å². The maximum Gasteiger partial charge on any atom is 0.295 e. The van der Waals surface area contributed by atoms with E-state index in [2.05, 4.69) is 10.3 Å². The molecule has 0 aliphatic heterocycles. The molecule has 0 unspecified atom stereocenters. The quantitative estimate of drug-likeness (QED) is 0.673. The number of nitrogens with zero attached hydrogens (tertiary/aromatic N) is 3. The second-order valence-corrected chi connectivity index (χ2v) is 4.77. The van der Waals surface area contributed by atoms with Crippen molar-refractivity contribution in [1.82, 2.24) is 9.55 Å². The third-order valence-electron chi connectivity index (χ3n) is 3.32. The van der Waals surface area contributed by atoms with E-state index in [0.29, 0.717) is 12.6 Å². The summed E-state index contributed by atoms with van der Waals surface area (Å²) in [6.45, 7) is 0.304. The van der Waals surface area contributed by atoms with Gasteiger partial charge in [0.05, 0.1) is 23.5 Å². The fourth-order valence-electron chi connectivity index (χ4n) is 2.17. The van der Waals surface area contributed by atoms with E-state index in [4.69, 9.17) is 0 Å². The number of benzene rings is 1. The molecule has 0 bridgehead atoms. The monoisotopic (exact) mass is 276 g/mol. The number of para-hydroxylation sites is 1. The molecule has 0 saturated heterocycles. The molecule has 1 aliphatic rings. The molecule has 0 spiro atoms. The standard InChI is InChI=1S/C13H13FN4O2/c14-11-2-1-3-12(18(19)20)13(11)16-7-10-6-15-8-17(10)9-4-5-9/h1-3,6,8-9,16H,4-5,7H2. The Morgan fingerprint density at radius 2 is 2.30 bits per heavy atom. The van der Waals surface area contributed by atoms with E-state index >= 15 is 0 Å². The summed E-state index contributed by atoms with van der Waals surface area (Å²) in [7, 11) is 0. The highest BCUT2D eigenvalue weighted by Gasteiger charge is 2.25. The number of aromatic nitrogens is 2. The first-order valence-corrected chi connectivity index (χ1v) is 6.34. The highest BCUT2D eigenvalue weighted by molar-refractivity contribution is 5.62. The number of rotatable bonds is 5. The minimum Gasteiger partial charge on any atom is -0.371 e. The van der Waals surface area contributed by atoms with E-state index < -0.39 is 10.7 Å². The van der Waals surface area contributed by atoms with Crippen LogP contribution in [0.5, 0.6) is 0 Å². The third kappa shape index (κ3) is 2.34. The van der Waals surface area contributed by atoms with Gasteiger partial charge in [0.1, 0.15) is 5.69 Å². The van der Waals surface area contributed by atoms with Crippen LogP contribution < -0.4 is 5.32 Å². The molecule has 0 amide bonds. The molecule has 1 aromatic heterocycles. The lowest BCUT2D eigenvalue weighted by atomic mass is 10.2. The lowest BCUT2D eigenvalue weighted by Crippen LogP contribution is -2.08. The van der Waals surface area contributed by atoms with Gasteiger partial charge >= 0.3 is 0 Å². The van der Waals surface area contributed by atoms with Gasteiger partial charge in [-0.1, -0.05) is 6.07 Å². The topological polar surface area (TPSA) is 73.0 Å². The van der Waals surface area contributed by atoms with Crippen molar-refractivity contribution in [1.29, 1.82) is 0 Å². The lowest BCUT2D eigenvalue weighted by Gasteiger charge is -2.10. The van der Waals surface area contributed by atoms with Crippen LogP contribution in [0.25, 0.3) is 0 Å². The maximum atomic E-state index is 13.7. The molecule has 0 radical (unpaired) electrons. The second kappa shape index (κ2) is 4.92. The van der Waals surface area contributed by atoms with Crippen LogP contribution in [-0.2, 0) is 6.54 Å². The number of hydrogen-bond acceptors (Lipinski definition) is 4. The van der Waals surface area contributed by atoms with Gasteiger partial charge in [-0.2, -0.15) is 0 Å². The molecule has 2 aromatic rings. The number of nitro groups is 1. The molecule has 1 heterocycles. The Bertz CT molecular complexity index is 652. The molecule has 20 heavy (non-hydrogen) atoms. The van der Waals surface area contributed by atoms with E-state index in [1.807, 2.05) is 4.57 Å². The van der Waals surface area contributed by atoms with Crippen molar-refractivity contribution < 1.29 is 9.31 Å². The molecule has 1 fully saturated rings. The molecule has 3 rings (SSSR count). The zero-order chi connectivity index (χ0) is 14.1. The maximum absolute atomic E-state index is 13.7. The zero-order valence-corrected chi connectivity index (χ0v) is 10.6. The Morgan fingerprint density at radius 3 is 3.00 bits per heavy atom. The fraction of sp³-hybridized carbons (Fsp3) is 0.308. The third-order valence-corrected chi connectivity index (χ3v) is 3.32. The van der Waals surface area contributed by atoms with Gasteiger partial charge in [-0.05, 0) is 18.9 Å². The van der Waals surface area contributed by atoms with Crippen LogP contribution in [-0.4, -0.2) is 14.5 Å². The predicted octanol–water partition coefficient (Wildman–Crippen LogP) is 2.88. The summed E-state index contributed by atoms with van der Waals surface area (Å²) in [5, 5.41) is 13.7. The van der Waals surface area contributed by atoms with Crippen molar-refractivity contribution in [2.24, 2.45) is 0 Å². The van der Waals surface area contributed by atoms with E-state index in [1.54, 1.807) is 12.5 Å². The Kier molecular flexibility index (Phi) is 3.09. The molecular weight excluding hydrogens is 263 g/mol. The van der Waals surface area contributed by atoms with Crippen molar-refractivity contribution >= 4 is 11.4 Å². The van der Waals surface area contributed by atoms with Crippen LogP contribution in [0.15, 0.2) is 30.7 Å². The van der Waals surface area contributed by atoms with Crippen LogP contribution in [0.2, 0.25) is 0 Å². The summed E-state index contributed by atoms with van der Waals surface area (Å²) in [5.41, 5.74) is 0.550. The Morgan fingerprint density at radius 1 is 1.50 bits per heavy atom. The first-order valence-electron chi connectivity index (χ1n) is 6.34. The first kappa shape index (κ1) is 12.6. The van der Waals surface area contributed by atoms with E-state index in [1.165, 1.54) is 18.2 Å². The van der Waals surface area contributed by atoms with Gasteiger partial charge in [-0.3, -0.25) is 10.1 Å². The van der Waals surface area contributed by atoms with Gasteiger partial charge in [0.2, 0.25) is 0 Å². The molecule has 6 nitrogen and oxygen atoms in total. The van der Waals surface area contributed by atoms with Crippen molar-refractivity contribution in [2.45, 2.75) is 25.4 Å². The van der Waals surface area contributed by atoms with E-state index in [-0.39, 0.29) is 11.4 Å². The molecule has 1 N–H and O–H groups in total. The van der Waals surface area contributed by atoms with Crippen LogP contribution in [0.4, 0.5) is 15.8 Å². The Balaban J connectivity index is 1.81. The summed E-state index contributed by atoms with van der Waals surface area (Å²) in [6.07, 6.45) is 5.66. The molecule has 1 saturated carbocycles. The highest BCUT2D eigenvalue weighted by Crippen LogP contribution is 2.36. The van der Waals surface area contributed by atoms with Gasteiger partial charge < -0.3 is 9.88 Å². The van der Waals surface area contributed by atoms with Crippen LogP contribution in [0.1, 0.15) is 24.6 Å². The number of nitrogens with one attached hydrogen (secondary N) is 1. The first-order chi connectivity index (χ1) is 9.66.